The van der Waals surface area contributed by atoms with E-state index in [0.29, 0.717) is 11.1 Å². The fourth-order valence-corrected chi connectivity index (χ4v) is 3.47. The number of esters is 3. The Bertz CT molecular complexity index is 819. The summed E-state index contributed by atoms with van der Waals surface area (Å²) in [4.78, 5) is 36.0. The minimum absolute atomic E-state index is 0.151. The summed E-state index contributed by atoms with van der Waals surface area (Å²) in [6.45, 7) is 9.76. The van der Waals surface area contributed by atoms with Gasteiger partial charge in [0.2, 0.25) is 0 Å². The van der Waals surface area contributed by atoms with Gasteiger partial charge in [0, 0.05) is 18.9 Å². The number of allylic oxidation sites excluding steroid dienone is 1. The van der Waals surface area contributed by atoms with Crippen molar-refractivity contribution in [3.05, 3.63) is 47.1 Å². The van der Waals surface area contributed by atoms with E-state index in [1.165, 1.54) is 19.1 Å². The summed E-state index contributed by atoms with van der Waals surface area (Å²) in [6.07, 6.45) is 0.744. The highest BCUT2D eigenvalue weighted by Crippen LogP contribution is 2.36. The third-order valence-electron chi connectivity index (χ3n) is 5.16. The summed E-state index contributed by atoms with van der Waals surface area (Å²) in [5.74, 6) is -2.51. The van der Waals surface area contributed by atoms with Gasteiger partial charge in [-0.2, -0.15) is 0 Å². The van der Waals surface area contributed by atoms with Gasteiger partial charge in [0.25, 0.3) is 0 Å². The van der Waals surface area contributed by atoms with Crippen LogP contribution >= 0.6 is 0 Å². The second-order valence-electron chi connectivity index (χ2n) is 7.52. The zero-order valence-electron chi connectivity index (χ0n) is 17.6. The lowest BCUT2D eigenvalue weighted by atomic mass is 9.84. The zero-order chi connectivity index (χ0) is 22.6. The predicted molar refractivity (Wildman–Crippen MR) is 107 cm³/mol. The van der Waals surface area contributed by atoms with Crippen LogP contribution in [0, 0.1) is 5.92 Å². The normalized spacial score (nSPS) is 33.4. The molecule has 1 aliphatic heterocycles. The standard InChI is InChI=1S/C22H28O8/c1-6-15(10-28-14(5)23)22(27)30-17-8-11(2)7-16(24)20(25)12(3)9-18-19(17)13(4)21(26)29-18/h6-7,9,16-20,24-25H,4,8,10H2,1-3,5H3/b11-7+,12-9+,15-6-/t16-,17-,18-,19-,20+/m1/s1. The second kappa shape index (κ2) is 9.86. The second-order valence-corrected chi connectivity index (χ2v) is 7.52. The van der Waals surface area contributed by atoms with E-state index in [4.69, 9.17) is 14.2 Å². The molecule has 0 spiro atoms. The van der Waals surface area contributed by atoms with E-state index < -0.39 is 48.2 Å². The largest absolute Gasteiger partial charge is 0.461 e. The number of aliphatic hydroxyl groups excluding tert-OH is 2. The zero-order valence-corrected chi connectivity index (χ0v) is 17.6. The Morgan fingerprint density at radius 1 is 1.30 bits per heavy atom. The van der Waals surface area contributed by atoms with Gasteiger partial charge in [-0.3, -0.25) is 4.79 Å². The molecule has 1 saturated heterocycles. The highest BCUT2D eigenvalue weighted by Gasteiger charge is 2.45. The maximum Gasteiger partial charge on any atom is 0.337 e. The van der Waals surface area contributed by atoms with Crippen molar-refractivity contribution in [3.63, 3.8) is 0 Å². The summed E-state index contributed by atoms with van der Waals surface area (Å²) in [6, 6.07) is 0. The van der Waals surface area contributed by atoms with Crippen LogP contribution < -0.4 is 0 Å². The van der Waals surface area contributed by atoms with E-state index in [0.717, 1.165) is 0 Å². The summed E-state index contributed by atoms with van der Waals surface area (Å²) in [7, 11) is 0. The Morgan fingerprint density at radius 2 is 1.97 bits per heavy atom. The van der Waals surface area contributed by atoms with E-state index >= 15 is 0 Å². The summed E-state index contributed by atoms with van der Waals surface area (Å²) < 4.78 is 16.0. The van der Waals surface area contributed by atoms with Crippen LogP contribution in [-0.4, -0.2) is 59.1 Å². The first-order chi connectivity index (χ1) is 14.0. The molecule has 2 N–H and O–H groups in total. The minimum Gasteiger partial charge on any atom is -0.461 e. The maximum absolute atomic E-state index is 12.7. The van der Waals surface area contributed by atoms with Crippen LogP contribution in [0.1, 0.15) is 34.1 Å². The number of carbonyl (C=O) groups is 3. The van der Waals surface area contributed by atoms with Gasteiger partial charge >= 0.3 is 17.9 Å². The Labute approximate surface area is 175 Å². The molecule has 0 aromatic heterocycles. The fourth-order valence-electron chi connectivity index (χ4n) is 3.47. The van der Waals surface area contributed by atoms with Gasteiger partial charge in [0.05, 0.1) is 11.5 Å². The summed E-state index contributed by atoms with van der Waals surface area (Å²) in [5, 5.41) is 20.5. The van der Waals surface area contributed by atoms with Gasteiger partial charge in [-0.25, -0.2) is 9.59 Å². The average molecular weight is 420 g/mol. The van der Waals surface area contributed by atoms with Crippen LogP contribution in [0.4, 0.5) is 0 Å². The Morgan fingerprint density at radius 3 is 2.57 bits per heavy atom. The van der Waals surface area contributed by atoms with Crippen molar-refractivity contribution in [1.82, 2.24) is 0 Å². The molecule has 0 amide bonds. The van der Waals surface area contributed by atoms with E-state index in [-0.39, 0.29) is 24.2 Å². The molecule has 1 heterocycles. The van der Waals surface area contributed by atoms with Crippen molar-refractivity contribution in [2.24, 2.45) is 5.92 Å². The molecule has 1 aliphatic carbocycles. The number of ether oxygens (including phenoxy) is 3. The highest BCUT2D eigenvalue weighted by molar-refractivity contribution is 5.92. The Hall–Kier alpha value is -2.71. The van der Waals surface area contributed by atoms with E-state index in [9.17, 15) is 24.6 Å². The molecular formula is C22H28O8. The van der Waals surface area contributed by atoms with Crippen molar-refractivity contribution < 1.29 is 38.8 Å². The van der Waals surface area contributed by atoms with Gasteiger partial charge < -0.3 is 24.4 Å². The van der Waals surface area contributed by atoms with Gasteiger partial charge in [-0.1, -0.05) is 24.3 Å². The SMILES string of the molecule is C=C1C(=O)O[C@@H]2/C=C(\C)[C@H](O)[C@H](O)/C=C(\C)C[C@@H](OC(=O)/C(=C\C)COC(C)=O)[C@@H]12. The lowest BCUT2D eigenvalue weighted by molar-refractivity contribution is -0.148. The average Bonchev–Trinajstić information content (AvgIpc) is 2.93. The number of fused-ring (bicyclic) bond motifs is 1. The molecule has 0 aromatic rings. The number of aliphatic hydroxyl groups is 2. The lowest BCUT2D eigenvalue weighted by Crippen LogP contribution is -2.36. The number of rotatable bonds is 4. The third kappa shape index (κ3) is 5.46. The molecule has 0 bridgehead atoms. The first-order valence-electron chi connectivity index (χ1n) is 9.66. The van der Waals surface area contributed by atoms with Gasteiger partial charge in [0.1, 0.15) is 31.0 Å². The molecule has 30 heavy (non-hydrogen) atoms. The molecule has 0 radical (unpaired) electrons. The smallest absolute Gasteiger partial charge is 0.337 e. The van der Waals surface area contributed by atoms with Crippen LogP contribution in [0.2, 0.25) is 0 Å². The molecule has 8 nitrogen and oxygen atoms in total. The van der Waals surface area contributed by atoms with Crippen LogP contribution in [0.15, 0.2) is 47.1 Å². The molecule has 2 aliphatic rings. The molecule has 0 unspecified atom stereocenters. The van der Waals surface area contributed by atoms with Crippen LogP contribution in [0.3, 0.4) is 0 Å². The molecule has 5 atom stereocenters. The summed E-state index contributed by atoms with van der Waals surface area (Å²) in [5.41, 5.74) is 1.38. The maximum atomic E-state index is 12.7. The van der Waals surface area contributed by atoms with Crippen LogP contribution in [0.25, 0.3) is 0 Å². The molecule has 0 aromatic carbocycles. The molecule has 1 fully saturated rings. The van der Waals surface area contributed by atoms with Crippen molar-refractivity contribution in [2.45, 2.75) is 58.5 Å². The van der Waals surface area contributed by atoms with Crippen LogP contribution in [-0.2, 0) is 28.6 Å². The minimum atomic E-state index is -1.16. The highest BCUT2D eigenvalue weighted by atomic mass is 16.6. The van der Waals surface area contributed by atoms with Gasteiger partial charge in [-0.05, 0) is 32.4 Å². The third-order valence-corrected chi connectivity index (χ3v) is 5.16. The van der Waals surface area contributed by atoms with Crippen molar-refractivity contribution in [3.8, 4) is 0 Å². The van der Waals surface area contributed by atoms with Gasteiger partial charge in [-0.15, -0.1) is 0 Å². The topological polar surface area (TPSA) is 119 Å². The number of hydrogen-bond donors (Lipinski definition) is 2. The van der Waals surface area contributed by atoms with Crippen molar-refractivity contribution in [2.75, 3.05) is 6.61 Å². The number of hydrogen-bond acceptors (Lipinski definition) is 8. The van der Waals surface area contributed by atoms with Gasteiger partial charge in [0.15, 0.2) is 0 Å². The molecule has 2 rings (SSSR count). The molecular weight excluding hydrogens is 392 g/mol. The first-order valence-corrected chi connectivity index (χ1v) is 9.66. The van der Waals surface area contributed by atoms with Crippen molar-refractivity contribution >= 4 is 17.9 Å². The summed E-state index contributed by atoms with van der Waals surface area (Å²) >= 11 is 0. The number of carbonyl (C=O) groups excluding carboxylic acids is 3. The predicted octanol–water partition coefficient (Wildman–Crippen LogP) is 1.52. The van der Waals surface area contributed by atoms with E-state index in [1.54, 1.807) is 26.8 Å². The quantitative estimate of drug-likeness (QED) is 0.304. The molecule has 8 heteroatoms. The Kier molecular flexibility index (Phi) is 7.75. The first kappa shape index (κ1) is 23.6. The van der Waals surface area contributed by atoms with Crippen molar-refractivity contribution in [1.29, 1.82) is 0 Å². The van der Waals surface area contributed by atoms with E-state index in [1.807, 2.05) is 0 Å². The molecule has 0 saturated carbocycles. The van der Waals surface area contributed by atoms with E-state index in [2.05, 4.69) is 6.58 Å². The van der Waals surface area contributed by atoms with Crippen LogP contribution in [0.5, 0.6) is 0 Å². The monoisotopic (exact) mass is 420 g/mol. The molecule has 164 valence electrons. The fraction of sp³-hybridized carbons (Fsp3) is 0.500. The Balaban J connectivity index is 2.38. The lowest BCUT2D eigenvalue weighted by Gasteiger charge is -2.29.